The average molecular weight is 615 g/mol. The normalized spacial score (nSPS) is 30.6. The second kappa shape index (κ2) is 9.99. The molecule has 2 aromatic carbocycles. The number of benzene rings is 2. The molecule has 0 aliphatic heterocycles. The third kappa shape index (κ3) is 3.69. The molecule has 0 saturated carbocycles. The molecular weight excluding hydrogens is 572 g/mol. The van der Waals surface area contributed by atoms with Crippen LogP contribution in [0.25, 0.3) is 11.6 Å². The maximum absolute atomic E-state index is 14.4. The number of ketones is 3. The van der Waals surface area contributed by atoms with E-state index in [9.17, 15) is 39.9 Å². The minimum atomic E-state index is -2.95. The highest BCUT2D eigenvalue weighted by Gasteiger charge is 2.75. The Morgan fingerprint density at radius 2 is 1.44 bits per heavy atom. The van der Waals surface area contributed by atoms with Gasteiger partial charge in [-0.25, -0.2) is 0 Å². The number of carbonyl (C=O) groups is 3. The summed E-state index contributed by atoms with van der Waals surface area (Å²) in [5, 5.41) is 59.7. The lowest BCUT2D eigenvalue weighted by Crippen LogP contribution is -2.73. The van der Waals surface area contributed by atoms with E-state index in [2.05, 4.69) is 0 Å². The molecular formula is C37H42O8. The molecule has 3 aliphatic rings. The van der Waals surface area contributed by atoms with Crippen LogP contribution in [0.5, 0.6) is 5.75 Å². The summed E-state index contributed by atoms with van der Waals surface area (Å²) in [4.78, 5) is 41.1. The summed E-state index contributed by atoms with van der Waals surface area (Å²) in [7, 11) is 0. The Hall–Kier alpha value is -4.01. The molecule has 8 nitrogen and oxygen atoms in total. The Morgan fingerprint density at radius 3 is 1.96 bits per heavy atom. The number of phenols is 1. The molecule has 0 saturated heterocycles. The van der Waals surface area contributed by atoms with Gasteiger partial charge in [0.05, 0.1) is 22.7 Å². The number of hydrogen-bond donors (Lipinski definition) is 5. The summed E-state index contributed by atoms with van der Waals surface area (Å²) >= 11 is 0. The van der Waals surface area contributed by atoms with E-state index in [-0.39, 0.29) is 11.3 Å². The van der Waals surface area contributed by atoms with E-state index in [1.165, 1.54) is 13.0 Å². The zero-order valence-corrected chi connectivity index (χ0v) is 27.5. The molecule has 1 unspecified atom stereocenters. The van der Waals surface area contributed by atoms with E-state index in [0.29, 0.717) is 11.1 Å². The Bertz CT molecular complexity index is 1810. The molecule has 0 heterocycles. The molecule has 0 fully saturated rings. The maximum atomic E-state index is 14.4. The number of hydrogen-bond acceptors (Lipinski definition) is 8. The molecule has 2 aromatic rings. The predicted octanol–water partition coefficient (Wildman–Crippen LogP) is 5.86. The summed E-state index contributed by atoms with van der Waals surface area (Å²) < 4.78 is 0. The van der Waals surface area contributed by atoms with Crippen molar-refractivity contribution in [3.05, 3.63) is 85.4 Å². The molecule has 0 bridgehead atoms. The number of aliphatic hydroxyl groups excluding tert-OH is 3. The Kier molecular flexibility index (Phi) is 7.19. The Morgan fingerprint density at radius 1 is 0.911 bits per heavy atom. The van der Waals surface area contributed by atoms with Crippen molar-refractivity contribution < 1.29 is 39.9 Å². The van der Waals surface area contributed by atoms with Crippen LogP contribution in [0.1, 0.15) is 83.9 Å². The van der Waals surface area contributed by atoms with E-state index >= 15 is 0 Å². The number of carbonyl (C=O) groups excluding carboxylic acids is 3. The van der Waals surface area contributed by atoms with Crippen molar-refractivity contribution in [2.24, 2.45) is 22.7 Å². The number of Topliss-reactive ketones (excluding diaryl/α,β-unsaturated/α-hetero) is 3. The summed E-state index contributed by atoms with van der Waals surface area (Å²) in [6, 6.07) is 4.57. The topological polar surface area (TPSA) is 152 Å². The highest BCUT2D eigenvalue weighted by Crippen LogP contribution is 2.67. The fourth-order valence-corrected chi connectivity index (χ4v) is 8.60. The molecule has 0 aromatic heterocycles. The first-order valence-corrected chi connectivity index (χ1v) is 15.2. The van der Waals surface area contributed by atoms with E-state index in [0.717, 1.165) is 40.3 Å². The number of allylic oxidation sites excluding steroid dienone is 1. The van der Waals surface area contributed by atoms with E-state index in [1.54, 1.807) is 32.9 Å². The molecule has 5 N–H and O–H groups in total. The van der Waals surface area contributed by atoms with Crippen LogP contribution >= 0.6 is 0 Å². The van der Waals surface area contributed by atoms with Crippen molar-refractivity contribution in [3.8, 4) is 5.75 Å². The number of phenolic OH excluding ortho intramolecular Hbond substituents is 1. The first kappa shape index (κ1) is 32.4. The van der Waals surface area contributed by atoms with Gasteiger partial charge in [0.2, 0.25) is 5.78 Å². The van der Waals surface area contributed by atoms with Crippen molar-refractivity contribution in [2.45, 2.75) is 80.9 Å². The van der Waals surface area contributed by atoms with Crippen LogP contribution in [0, 0.1) is 57.3 Å². The average Bonchev–Trinajstić information content (AvgIpc) is 2.95. The van der Waals surface area contributed by atoms with Gasteiger partial charge in [0, 0.05) is 11.3 Å². The zero-order chi connectivity index (χ0) is 33.9. The molecule has 3 aliphatic carbocycles. The second-order valence-electron chi connectivity index (χ2n) is 13.8. The molecule has 0 radical (unpaired) electrons. The van der Waals surface area contributed by atoms with Crippen LogP contribution in [0.2, 0.25) is 0 Å². The van der Waals surface area contributed by atoms with Gasteiger partial charge in [-0.05, 0) is 111 Å². The van der Waals surface area contributed by atoms with Crippen LogP contribution < -0.4 is 0 Å². The van der Waals surface area contributed by atoms with Crippen molar-refractivity contribution >= 4 is 29.0 Å². The van der Waals surface area contributed by atoms with Crippen LogP contribution in [0.4, 0.5) is 0 Å². The maximum Gasteiger partial charge on any atom is 0.209 e. The highest BCUT2D eigenvalue weighted by molar-refractivity contribution is 6.26. The quantitative estimate of drug-likeness (QED) is 0.270. The zero-order valence-electron chi connectivity index (χ0n) is 27.5. The fourth-order valence-electron chi connectivity index (χ4n) is 8.60. The van der Waals surface area contributed by atoms with Gasteiger partial charge in [-0.3, -0.25) is 14.4 Å². The van der Waals surface area contributed by atoms with Crippen molar-refractivity contribution in [2.75, 3.05) is 0 Å². The van der Waals surface area contributed by atoms with Gasteiger partial charge in [-0.1, -0.05) is 32.9 Å². The number of fused-ring (bicyclic) bond motifs is 3. The minimum absolute atomic E-state index is 0.146. The van der Waals surface area contributed by atoms with Gasteiger partial charge in [0.25, 0.3) is 0 Å². The summed E-state index contributed by atoms with van der Waals surface area (Å²) in [5.41, 5.74) is -1.27. The van der Waals surface area contributed by atoms with Crippen LogP contribution in [0.15, 0.2) is 40.9 Å². The smallest absolute Gasteiger partial charge is 0.209 e. The molecule has 8 heteroatoms. The van der Waals surface area contributed by atoms with E-state index in [4.69, 9.17) is 0 Å². The first-order chi connectivity index (χ1) is 20.7. The van der Waals surface area contributed by atoms with Gasteiger partial charge in [0.1, 0.15) is 22.8 Å². The predicted molar refractivity (Wildman–Crippen MR) is 171 cm³/mol. The molecule has 5 atom stereocenters. The molecule has 5 rings (SSSR count). The SMILES string of the molecule is CC(=O)C1=C(O)C(C(C)C)[C@@]2(C)[C@H](O)[C@]3(C)C(=C(O)[C@@]2(O)C1=O)C(=O)c1c(O)cccc1/C3=C\c1c(C)c(C)c(C)c(C)c1C. The second-order valence-corrected chi connectivity index (χ2v) is 13.8. The third-order valence-electron chi connectivity index (χ3n) is 11.5. The first-order valence-electron chi connectivity index (χ1n) is 15.2. The number of rotatable bonds is 3. The minimum Gasteiger partial charge on any atom is -0.511 e. The molecule has 45 heavy (non-hydrogen) atoms. The lowest BCUT2D eigenvalue weighted by Gasteiger charge is -2.62. The standard InChI is InChI=1S/C37H42O8/c1-15(2)28-30(40)26(21(8)38)32(42)37(45)33(43)29-31(41)27-22(12-11-13-25(27)39)24(35(29,9)34(44)36(28,37)10)14-23-19(6)17(4)16(3)18(5)20(23)7/h11-15,28,34,39-40,43-45H,1-10H3/b24-14+/t28?,34-,35+,36+,37+/m1/s1. The lowest BCUT2D eigenvalue weighted by molar-refractivity contribution is -0.202. The van der Waals surface area contributed by atoms with Crippen molar-refractivity contribution in [3.63, 3.8) is 0 Å². The van der Waals surface area contributed by atoms with Crippen LogP contribution in [0.3, 0.4) is 0 Å². The van der Waals surface area contributed by atoms with Gasteiger partial charge >= 0.3 is 0 Å². The molecule has 238 valence electrons. The van der Waals surface area contributed by atoms with Crippen molar-refractivity contribution in [1.29, 1.82) is 0 Å². The largest absolute Gasteiger partial charge is 0.511 e. The van der Waals surface area contributed by atoms with Crippen LogP contribution in [-0.2, 0) is 9.59 Å². The van der Waals surface area contributed by atoms with E-state index in [1.807, 2.05) is 40.7 Å². The van der Waals surface area contributed by atoms with Gasteiger partial charge in [0.15, 0.2) is 17.2 Å². The summed E-state index contributed by atoms with van der Waals surface area (Å²) in [5.74, 6) is -6.65. The van der Waals surface area contributed by atoms with Crippen LogP contribution in [-0.4, -0.2) is 54.6 Å². The van der Waals surface area contributed by atoms with Crippen molar-refractivity contribution in [1.82, 2.24) is 0 Å². The number of aromatic hydroxyl groups is 1. The molecule has 0 amide bonds. The highest BCUT2D eigenvalue weighted by atomic mass is 16.4. The lowest BCUT2D eigenvalue weighted by atomic mass is 9.42. The van der Waals surface area contributed by atoms with Gasteiger partial charge in [-0.2, -0.15) is 0 Å². The monoisotopic (exact) mass is 614 g/mol. The third-order valence-corrected chi connectivity index (χ3v) is 11.5. The Labute approximate surface area is 263 Å². The Balaban J connectivity index is 2.01. The molecule has 0 spiro atoms. The summed E-state index contributed by atoms with van der Waals surface area (Å²) in [6.07, 6.45) is 0.0944. The number of aliphatic hydroxyl groups is 4. The van der Waals surface area contributed by atoms with Gasteiger partial charge < -0.3 is 25.5 Å². The van der Waals surface area contributed by atoms with Gasteiger partial charge in [-0.15, -0.1) is 0 Å². The van der Waals surface area contributed by atoms with E-state index < -0.39 is 74.4 Å². The summed E-state index contributed by atoms with van der Waals surface area (Å²) in [6.45, 7) is 17.5. The fraction of sp³-hybridized carbons (Fsp3) is 0.432.